The van der Waals surface area contributed by atoms with E-state index in [1.54, 1.807) is 6.33 Å². The summed E-state index contributed by atoms with van der Waals surface area (Å²) in [4.78, 5) is 7.74. The van der Waals surface area contributed by atoms with Gasteiger partial charge in [0.2, 0.25) is 0 Å². The lowest BCUT2D eigenvalue weighted by Gasteiger charge is -2.24. The molecular formula is C25H23BCl2N2O. The van der Waals surface area contributed by atoms with Crippen LogP contribution in [0, 0.1) is 20.8 Å². The molecule has 1 N–H and O–H groups in total. The summed E-state index contributed by atoms with van der Waals surface area (Å²) in [5, 5.41) is 1.41. The molecule has 3 nitrogen and oxygen atoms in total. The number of imidazole rings is 1. The highest BCUT2D eigenvalue weighted by Gasteiger charge is 2.30. The maximum absolute atomic E-state index is 6.82. The molecule has 0 radical (unpaired) electrons. The lowest BCUT2D eigenvalue weighted by molar-refractivity contribution is 0.253. The van der Waals surface area contributed by atoms with E-state index >= 15 is 0 Å². The summed E-state index contributed by atoms with van der Waals surface area (Å²) in [6, 6.07) is 22.2. The molecule has 0 amide bonds. The normalized spacial score (nSPS) is 12.0. The Labute approximate surface area is 193 Å². The first kappa shape index (κ1) is 21.7. The van der Waals surface area contributed by atoms with Gasteiger partial charge in [-0.25, -0.2) is 4.98 Å². The molecule has 0 aliphatic rings. The van der Waals surface area contributed by atoms with E-state index in [0.29, 0.717) is 10.0 Å². The molecule has 1 atom stereocenters. The average Bonchev–Trinajstić information content (AvgIpc) is 3.19. The summed E-state index contributed by atoms with van der Waals surface area (Å²) in [5.41, 5.74) is 6.82. The number of hydrogen-bond donors (Lipinski definition) is 1. The van der Waals surface area contributed by atoms with Crippen LogP contribution in [0.15, 0.2) is 73.1 Å². The van der Waals surface area contributed by atoms with E-state index in [1.807, 2.05) is 63.2 Å². The Kier molecular flexibility index (Phi) is 6.52. The van der Waals surface area contributed by atoms with Crippen molar-refractivity contribution >= 4 is 41.0 Å². The second kappa shape index (κ2) is 9.31. The average molecular weight is 449 g/mol. The minimum atomic E-state index is -0.377. The van der Waals surface area contributed by atoms with Gasteiger partial charge in [0.25, 0.3) is 0 Å². The molecule has 6 heteroatoms. The molecule has 0 spiro atoms. The number of aromatic amines is 1. The van der Waals surface area contributed by atoms with E-state index in [-0.39, 0.29) is 13.0 Å². The minimum Gasteiger partial charge on any atom is -0.414 e. The second-order valence-corrected chi connectivity index (χ2v) is 8.55. The van der Waals surface area contributed by atoms with Crippen molar-refractivity contribution in [1.82, 2.24) is 9.97 Å². The van der Waals surface area contributed by atoms with Crippen LogP contribution in [0.4, 0.5) is 0 Å². The van der Waals surface area contributed by atoms with Gasteiger partial charge >= 0.3 is 6.92 Å². The van der Waals surface area contributed by atoms with Crippen molar-refractivity contribution in [3.05, 3.63) is 111 Å². The second-order valence-electron chi connectivity index (χ2n) is 7.74. The van der Waals surface area contributed by atoms with Crippen LogP contribution < -0.4 is 10.9 Å². The molecule has 0 saturated heterocycles. The standard InChI is InChI=1S/C25H23BCl2N2O/c1-16-9-11-20(13-22(16)27)26(21-12-10-17(2)23(28)14-21)31-25(19-7-5-4-6-8-19)24-18(3)29-15-30-24/h4-15,25H,1-3H3,(H,29,30). The van der Waals surface area contributed by atoms with Gasteiger partial charge in [-0.3, -0.25) is 0 Å². The highest BCUT2D eigenvalue weighted by molar-refractivity contribution is 6.80. The molecule has 1 unspecified atom stereocenters. The Morgan fingerprint density at radius 1 is 0.839 bits per heavy atom. The molecule has 0 bridgehead atoms. The van der Waals surface area contributed by atoms with Gasteiger partial charge < -0.3 is 9.64 Å². The third-order valence-electron chi connectivity index (χ3n) is 5.49. The number of benzene rings is 3. The maximum atomic E-state index is 6.82. The molecule has 1 aromatic heterocycles. The Morgan fingerprint density at radius 3 is 1.90 bits per heavy atom. The zero-order chi connectivity index (χ0) is 22.0. The van der Waals surface area contributed by atoms with E-state index in [9.17, 15) is 0 Å². The van der Waals surface area contributed by atoms with Crippen LogP contribution in [0.3, 0.4) is 0 Å². The van der Waals surface area contributed by atoms with Crippen molar-refractivity contribution in [3.63, 3.8) is 0 Å². The topological polar surface area (TPSA) is 37.9 Å². The summed E-state index contributed by atoms with van der Waals surface area (Å²) in [6.07, 6.45) is 1.34. The SMILES string of the molecule is Cc1ccc(B(OC(c2ccccc2)c2nc[nH]c2C)c2ccc(C)c(Cl)c2)cc1Cl. The first-order valence-corrected chi connectivity index (χ1v) is 10.9. The minimum absolute atomic E-state index is 0.363. The summed E-state index contributed by atoms with van der Waals surface area (Å²) in [6.45, 7) is 5.61. The van der Waals surface area contributed by atoms with Crippen LogP contribution in [0.5, 0.6) is 0 Å². The van der Waals surface area contributed by atoms with Gasteiger partial charge in [0, 0.05) is 15.7 Å². The Bertz CT molecular complexity index is 1140. The van der Waals surface area contributed by atoms with Crippen LogP contribution in [0.25, 0.3) is 0 Å². The summed E-state index contributed by atoms with van der Waals surface area (Å²) in [7, 11) is 0. The van der Waals surface area contributed by atoms with Crippen molar-refractivity contribution in [2.45, 2.75) is 26.9 Å². The maximum Gasteiger partial charge on any atom is 0.362 e. The van der Waals surface area contributed by atoms with Crippen molar-refractivity contribution in [3.8, 4) is 0 Å². The lowest BCUT2D eigenvalue weighted by Crippen LogP contribution is -2.46. The molecule has 156 valence electrons. The van der Waals surface area contributed by atoms with Gasteiger partial charge in [-0.05, 0) is 60.5 Å². The van der Waals surface area contributed by atoms with Crippen LogP contribution >= 0.6 is 23.2 Å². The Balaban J connectivity index is 1.84. The number of rotatable bonds is 6. The molecule has 3 aromatic carbocycles. The summed E-state index contributed by atoms with van der Waals surface area (Å²) < 4.78 is 6.82. The number of halogens is 2. The number of nitrogens with one attached hydrogen (secondary N) is 1. The molecule has 0 aliphatic heterocycles. The number of H-pyrrole nitrogens is 1. The largest absolute Gasteiger partial charge is 0.414 e. The zero-order valence-corrected chi connectivity index (χ0v) is 19.2. The molecule has 4 aromatic rings. The van der Waals surface area contributed by atoms with Gasteiger partial charge in [-0.1, -0.05) is 77.8 Å². The molecule has 31 heavy (non-hydrogen) atoms. The number of aryl methyl sites for hydroxylation is 3. The fourth-order valence-corrected chi connectivity index (χ4v) is 3.97. The Morgan fingerprint density at radius 2 is 1.42 bits per heavy atom. The van der Waals surface area contributed by atoms with Crippen LogP contribution in [-0.4, -0.2) is 16.9 Å². The van der Waals surface area contributed by atoms with Gasteiger partial charge in [0.15, 0.2) is 0 Å². The smallest absolute Gasteiger partial charge is 0.362 e. The quantitative estimate of drug-likeness (QED) is 0.392. The predicted molar refractivity (Wildman–Crippen MR) is 130 cm³/mol. The molecular weight excluding hydrogens is 426 g/mol. The summed E-state index contributed by atoms with van der Waals surface area (Å²) in [5.74, 6) is 0. The monoisotopic (exact) mass is 448 g/mol. The van der Waals surface area contributed by atoms with Crippen molar-refractivity contribution in [2.24, 2.45) is 0 Å². The van der Waals surface area contributed by atoms with E-state index in [1.165, 1.54) is 0 Å². The Hall–Kier alpha value is -2.53. The first-order valence-electron chi connectivity index (χ1n) is 10.2. The van der Waals surface area contributed by atoms with Gasteiger partial charge in [0.1, 0.15) is 6.10 Å². The molecule has 1 heterocycles. The van der Waals surface area contributed by atoms with E-state index in [4.69, 9.17) is 27.9 Å². The highest BCUT2D eigenvalue weighted by atomic mass is 35.5. The van der Waals surface area contributed by atoms with Crippen molar-refractivity contribution < 1.29 is 4.65 Å². The van der Waals surface area contributed by atoms with Gasteiger partial charge in [-0.2, -0.15) is 0 Å². The third kappa shape index (κ3) is 4.72. The van der Waals surface area contributed by atoms with Crippen molar-refractivity contribution in [1.29, 1.82) is 0 Å². The van der Waals surface area contributed by atoms with E-state index in [0.717, 1.165) is 39.0 Å². The van der Waals surface area contributed by atoms with Crippen molar-refractivity contribution in [2.75, 3.05) is 0 Å². The van der Waals surface area contributed by atoms with Gasteiger partial charge in [-0.15, -0.1) is 0 Å². The van der Waals surface area contributed by atoms with Gasteiger partial charge in [0.05, 0.1) is 12.0 Å². The molecule has 0 aliphatic carbocycles. The zero-order valence-electron chi connectivity index (χ0n) is 17.7. The molecule has 0 fully saturated rings. The fraction of sp³-hybridized carbons (Fsp3) is 0.160. The lowest BCUT2D eigenvalue weighted by atomic mass is 9.55. The number of hydrogen-bond acceptors (Lipinski definition) is 2. The molecule has 0 saturated carbocycles. The summed E-state index contributed by atoms with van der Waals surface area (Å²) >= 11 is 13.0. The highest BCUT2D eigenvalue weighted by Crippen LogP contribution is 2.28. The number of nitrogens with zero attached hydrogens (tertiary/aromatic N) is 1. The van der Waals surface area contributed by atoms with Crippen LogP contribution in [-0.2, 0) is 4.65 Å². The first-order chi connectivity index (χ1) is 14.9. The van der Waals surface area contributed by atoms with Crippen LogP contribution in [0.2, 0.25) is 10.0 Å². The van der Waals surface area contributed by atoms with Crippen LogP contribution in [0.1, 0.15) is 34.2 Å². The fourth-order valence-electron chi connectivity index (χ4n) is 3.59. The van der Waals surface area contributed by atoms with E-state index in [2.05, 4.69) is 34.2 Å². The molecule has 4 rings (SSSR count). The number of aromatic nitrogens is 2. The van der Waals surface area contributed by atoms with E-state index < -0.39 is 0 Å². The predicted octanol–water partition coefficient (Wildman–Crippen LogP) is 5.55. The third-order valence-corrected chi connectivity index (χ3v) is 6.30.